The van der Waals surface area contributed by atoms with Gasteiger partial charge in [-0.3, -0.25) is 4.79 Å². The number of carboxylic acids is 1. The Balaban J connectivity index is 1.69. The van der Waals surface area contributed by atoms with Crippen LogP contribution in [-0.4, -0.2) is 45.0 Å². The lowest BCUT2D eigenvalue weighted by molar-refractivity contribution is 0.0696. The van der Waals surface area contributed by atoms with Gasteiger partial charge in [-0.25, -0.2) is 9.48 Å². The molecular formula is C24H21N3O4. The Morgan fingerprint density at radius 3 is 2.26 bits per heavy atom. The highest BCUT2D eigenvalue weighted by Crippen LogP contribution is 2.30. The van der Waals surface area contributed by atoms with Crippen molar-refractivity contribution in [2.75, 3.05) is 13.2 Å². The summed E-state index contributed by atoms with van der Waals surface area (Å²) in [4.78, 5) is 23.3. The van der Waals surface area contributed by atoms with Crippen LogP contribution >= 0.6 is 0 Å². The molecule has 3 N–H and O–H groups in total. The number of hydrogen-bond acceptors (Lipinski definition) is 4. The fourth-order valence-corrected chi connectivity index (χ4v) is 3.38. The lowest BCUT2D eigenvalue weighted by Crippen LogP contribution is -2.24. The van der Waals surface area contributed by atoms with E-state index in [4.69, 9.17) is 15.3 Å². The number of carbonyl (C=O) groups excluding carboxylic acids is 1. The Bertz CT molecular complexity index is 1230. The van der Waals surface area contributed by atoms with Gasteiger partial charge in [0.05, 0.1) is 16.8 Å². The van der Waals surface area contributed by atoms with Crippen LogP contribution in [0.5, 0.6) is 0 Å². The first kappa shape index (κ1) is 20.3. The number of aliphatic hydroxyl groups excluding tert-OH is 1. The second kappa shape index (κ2) is 8.81. The third-order valence-corrected chi connectivity index (χ3v) is 4.99. The fraction of sp³-hybridized carbons (Fsp3) is 0.125. The van der Waals surface area contributed by atoms with Gasteiger partial charge < -0.3 is 15.5 Å². The van der Waals surface area contributed by atoms with Crippen LogP contribution in [0.1, 0.15) is 27.1 Å². The molecule has 0 radical (unpaired) electrons. The molecule has 7 heteroatoms. The smallest absolute Gasteiger partial charge is 0.335 e. The summed E-state index contributed by atoms with van der Waals surface area (Å²) >= 11 is 0. The molecule has 0 aliphatic rings. The highest BCUT2D eigenvalue weighted by atomic mass is 16.4. The van der Waals surface area contributed by atoms with Gasteiger partial charge in [-0.15, -0.1) is 0 Å². The molecule has 0 spiro atoms. The number of nitrogens with one attached hydrogen (secondary N) is 1. The predicted molar refractivity (Wildman–Crippen MR) is 118 cm³/mol. The van der Waals surface area contributed by atoms with Crippen LogP contribution in [0.4, 0.5) is 0 Å². The SMILES string of the molecule is O=C(O)c1ccc(-n2nc(-c3ccc(C(=O)NCCCO)cc3)c3ccccc32)cc1. The minimum absolute atomic E-state index is 0.0357. The highest BCUT2D eigenvalue weighted by molar-refractivity contribution is 5.97. The molecule has 0 aliphatic carbocycles. The largest absolute Gasteiger partial charge is 0.478 e. The zero-order chi connectivity index (χ0) is 21.8. The van der Waals surface area contributed by atoms with Gasteiger partial charge in [-0.05, 0) is 48.9 Å². The molecule has 156 valence electrons. The van der Waals surface area contributed by atoms with E-state index in [0.717, 1.165) is 27.8 Å². The van der Waals surface area contributed by atoms with Crippen molar-refractivity contribution in [1.82, 2.24) is 15.1 Å². The van der Waals surface area contributed by atoms with Crippen LogP contribution in [0.15, 0.2) is 72.8 Å². The molecule has 1 amide bonds. The fourth-order valence-electron chi connectivity index (χ4n) is 3.38. The summed E-state index contributed by atoms with van der Waals surface area (Å²) in [6.45, 7) is 0.459. The van der Waals surface area contributed by atoms with Gasteiger partial charge in [0.1, 0.15) is 5.69 Å². The molecule has 0 saturated heterocycles. The number of aromatic carboxylic acids is 1. The van der Waals surface area contributed by atoms with E-state index < -0.39 is 5.97 Å². The number of amides is 1. The molecule has 1 heterocycles. The molecule has 4 aromatic rings. The van der Waals surface area contributed by atoms with Gasteiger partial charge in [-0.1, -0.05) is 30.3 Å². The predicted octanol–water partition coefficient (Wildman–Crippen LogP) is 3.50. The maximum Gasteiger partial charge on any atom is 0.335 e. The average Bonchev–Trinajstić information content (AvgIpc) is 3.19. The van der Waals surface area contributed by atoms with E-state index in [-0.39, 0.29) is 18.1 Å². The number of hydrogen-bond donors (Lipinski definition) is 3. The minimum atomic E-state index is -0.974. The van der Waals surface area contributed by atoms with E-state index in [1.807, 2.05) is 36.4 Å². The standard InChI is InChI=1S/C24H21N3O4/c28-15-3-14-25-23(29)17-8-6-16(7-9-17)22-20-4-1-2-5-21(20)27(26-22)19-12-10-18(11-13-19)24(30)31/h1-2,4-13,28H,3,14-15H2,(H,25,29)(H,30,31). The van der Waals surface area contributed by atoms with Crippen LogP contribution in [0.25, 0.3) is 27.8 Å². The maximum absolute atomic E-state index is 12.2. The highest BCUT2D eigenvalue weighted by Gasteiger charge is 2.14. The number of carboxylic acid groups (broad SMARTS) is 1. The Labute approximate surface area is 178 Å². The average molecular weight is 415 g/mol. The number of para-hydroxylation sites is 1. The number of carbonyl (C=O) groups is 2. The Morgan fingerprint density at radius 1 is 0.903 bits per heavy atom. The summed E-state index contributed by atoms with van der Waals surface area (Å²) in [5.74, 6) is -1.16. The van der Waals surface area contributed by atoms with Gasteiger partial charge in [0, 0.05) is 29.7 Å². The number of rotatable bonds is 7. The van der Waals surface area contributed by atoms with Gasteiger partial charge in [0.2, 0.25) is 0 Å². The monoisotopic (exact) mass is 415 g/mol. The first-order valence-electron chi connectivity index (χ1n) is 9.89. The molecule has 0 aliphatic heterocycles. The van der Waals surface area contributed by atoms with Crippen molar-refractivity contribution in [3.63, 3.8) is 0 Å². The first-order valence-corrected chi connectivity index (χ1v) is 9.89. The lowest BCUT2D eigenvalue weighted by Gasteiger charge is -2.05. The zero-order valence-corrected chi connectivity index (χ0v) is 16.7. The number of aromatic nitrogens is 2. The van der Waals surface area contributed by atoms with Crippen molar-refractivity contribution in [3.05, 3.63) is 83.9 Å². The van der Waals surface area contributed by atoms with Crippen molar-refractivity contribution in [2.45, 2.75) is 6.42 Å². The Kier molecular flexibility index (Phi) is 5.77. The molecule has 4 rings (SSSR count). The molecule has 31 heavy (non-hydrogen) atoms. The molecule has 7 nitrogen and oxygen atoms in total. The van der Waals surface area contributed by atoms with Crippen molar-refractivity contribution >= 4 is 22.8 Å². The molecule has 0 unspecified atom stereocenters. The van der Waals surface area contributed by atoms with Crippen LogP contribution in [0.2, 0.25) is 0 Å². The molecular weight excluding hydrogens is 394 g/mol. The van der Waals surface area contributed by atoms with E-state index in [2.05, 4.69) is 5.32 Å². The Morgan fingerprint density at radius 2 is 1.58 bits per heavy atom. The normalized spacial score (nSPS) is 10.9. The summed E-state index contributed by atoms with van der Waals surface area (Å²) in [7, 11) is 0. The molecule has 3 aromatic carbocycles. The van der Waals surface area contributed by atoms with Crippen LogP contribution in [0.3, 0.4) is 0 Å². The molecule has 0 fully saturated rings. The van der Waals surface area contributed by atoms with Crippen LogP contribution in [0, 0.1) is 0 Å². The van der Waals surface area contributed by atoms with Gasteiger partial charge in [0.25, 0.3) is 5.91 Å². The second-order valence-corrected chi connectivity index (χ2v) is 7.04. The van der Waals surface area contributed by atoms with Crippen LogP contribution < -0.4 is 5.32 Å². The van der Waals surface area contributed by atoms with E-state index in [9.17, 15) is 9.59 Å². The maximum atomic E-state index is 12.2. The van der Waals surface area contributed by atoms with Crippen LogP contribution in [-0.2, 0) is 0 Å². The Hall–Kier alpha value is -3.97. The third kappa shape index (κ3) is 4.17. The molecule has 0 bridgehead atoms. The number of benzene rings is 3. The van der Waals surface area contributed by atoms with Crippen molar-refractivity contribution in [3.8, 4) is 16.9 Å². The molecule has 0 atom stereocenters. The van der Waals surface area contributed by atoms with Gasteiger partial charge >= 0.3 is 5.97 Å². The summed E-state index contributed by atoms with van der Waals surface area (Å²) in [5.41, 5.74) is 4.04. The number of aliphatic hydroxyl groups is 1. The summed E-state index contributed by atoms with van der Waals surface area (Å²) < 4.78 is 1.78. The first-order chi connectivity index (χ1) is 15.1. The summed E-state index contributed by atoms with van der Waals surface area (Å²) in [6, 6.07) is 21.6. The van der Waals surface area contributed by atoms with Gasteiger partial charge in [-0.2, -0.15) is 5.10 Å². The third-order valence-electron chi connectivity index (χ3n) is 4.99. The molecule has 0 saturated carbocycles. The topological polar surface area (TPSA) is 104 Å². The van der Waals surface area contributed by atoms with E-state index in [1.165, 1.54) is 0 Å². The quantitative estimate of drug-likeness (QED) is 0.401. The van der Waals surface area contributed by atoms with E-state index in [0.29, 0.717) is 18.5 Å². The molecule has 1 aromatic heterocycles. The van der Waals surface area contributed by atoms with Crippen molar-refractivity contribution < 1.29 is 19.8 Å². The number of nitrogens with zero attached hydrogens (tertiary/aromatic N) is 2. The number of fused-ring (bicyclic) bond motifs is 1. The van der Waals surface area contributed by atoms with Crippen molar-refractivity contribution in [2.24, 2.45) is 0 Å². The van der Waals surface area contributed by atoms with E-state index in [1.54, 1.807) is 41.1 Å². The van der Waals surface area contributed by atoms with E-state index >= 15 is 0 Å². The second-order valence-electron chi connectivity index (χ2n) is 7.04. The van der Waals surface area contributed by atoms with Crippen molar-refractivity contribution in [1.29, 1.82) is 0 Å². The zero-order valence-electron chi connectivity index (χ0n) is 16.7. The lowest BCUT2D eigenvalue weighted by atomic mass is 10.1. The summed E-state index contributed by atoms with van der Waals surface area (Å²) in [5, 5.41) is 26.5. The minimum Gasteiger partial charge on any atom is -0.478 e. The summed E-state index contributed by atoms with van der Waals surface area (Å²) in [6.07, 6.45) is 0.515. The van der Waals surface area contributed by atoms with Gasteiger partial charge in [0.15, 0.2) is 0 Å².